The lowest BCUT2D eigenvalue weighted by atomic mass is 10.0. The average molecular weight is 334 g/mol. The van der Waals surface area contributed by atoms with E-state index in [1.54, 1.807) is 42.5 Å². The summed E-state index contributed by atoms with van der Waals surface area (Å²) in [6, 6.07) is 12.4. The molecule has 2 aromatic rings. The summed E-state index contributed by atoms with van der Waals surface area (Å²) >= 11 is 3.35. The molecule has 0 fully saturated rings. The number of hydrogen-bond donors (Lipinski definition) is 1. The second kappa shape index (κ2) is 6.09. The SMILES string of the molecule is CC(C)Oc1ccc(C(=O)c2cccc(N)c2Br)cc1. The van der Waals surface area contributed by atoms with Crippen molar-refractivity contribution in [1.29, 1.82) is 0 Å². The first-order valence-corrected chi connectivity index (χ1v) is 7.13. The summed E-state index contributed by atoms with van der Waals surface area (Å²) < 4.78 is 6.19. The molecular formula is C16H16BrNO2. The molecule has 2 N–H and O–H groups in total. The number of benzene rings is 2. The van der Waals surface area contributed by atoms with Gasteiger partial charge in [0.05, 0.1) is 10.6 Å². The van der Waals surface area contributed by atoms with Crippen LogP contribution in [0.25, 0.3) is 0 Å². The number of ether oxygens (including phenoxy) is 1. The van der Waals surface area contributed by atoms with Gasteiger partial charge in [0.15, 0.2) is 5.78 Å². The van der Waals surface area contributed by atoms with E-state index in [1.807, 2.05) is 13.8 Å². The number of anilines is 1. The minimum atomic E-state index is -0.0692. The molecule has 0 aromatic heterocycles. The summed E-state index contributed by atoms with van der Waals surface area (Å²) in [7, 11) is 0. The van der Waals surface area contributed by atoms with Gasteiger partial charge in [-0.3, -0.25) is 4.79 Å². The lowest BCUT2D eigenvalue weighted by Crippen LogP contribution is -2.07. The van der Waals surface area contributed by atoms with Crippen molar-refractivity contribution in [3.05, 3.63) is 58.1 Å². The second-order valence-corrected chi connectivity index (χ2v) is 5.52. The molecule has 2 rings (SSSR count). The topological polar surface area (TPSA) is 52.3 Å². The van der Waals surface area contributed by atoms with Gasteiger partial charge < -0.3 is 10.5 Å². The van der Waals surface area contributed by atoms with Gasteiger partial charge in [0.2, 0.25) is 0 Å². The smallest absolute Gasteiger partial charge is 0.194 e. The summed E-state index contributed by atoms with van der Waals surface area (Å²) in [5.74, 6) is 0.684. The van der Waals surface area contributed by atoms with Crippen LogP contribution in [0, 0.1) is 0 Å². The highest BCUT2D eigenvalue weighted by Gasteiger charge is 2.14. The van der Waals surface area contributed by atoms with Gasteiger partial charge in [-0.2, -0.15) is 0 Å². The number of hydrogen-bond acceptors (Lipinski definition) is 3. The molecule has 0 aliphatic rings. The minimum absolute atomic E-state index is 0.0692. The van der Waals surface area contributed by atoms with Gasteiger partial charge >= 0.3 is 0 Å². The molecule has 104 valence electrons. The fourth-order valence-electron chi connectivity index (χ4n) is 1.84. The third-order valence-corrected chi connectivity index (χ3v) is 3.65. The van der Waals surface area contributed by atoms with Gasteiger partial charge in [0.1, 0.15) is 5.75 Å². The van der Waals surface area contributed by atoms with E-state index in [2.05, 4.69) is 15.9 Å². The summed E-state index contributed by atoms with van der Waals surface area (Å²) in [6.07, 6.45) is 0.111. The molecule has 0 spiro atoms. The molecule has 0 amide bonds. The van der Waals surface area contributed by atoms with Crippen LogP contribution in [0.5, 0.6) is 5.75 Å². The van der Waals surface area contributed by atoms with Crippen LogP contribution in [0.3, 0.4) is 0 Å². The Morgan fingerprint density at radius 2 is 1.80 bits per heavy atom. The second-order valence-electron chi connectivity index (χ2n) is 4.73. The van der Waals surface area contributed by atoms with Crippen molar-refractivity contribution in [2.24, 2.45) is 0 Å². The Morgan fingerprint density at radius 1 is 1.15 bits per heavy atom. The average Bonchev–Trinajstić information content (AvgIpc) is 2.41. The van der Waals surface area contributed by atoms with E-state index in [0.29, 0.717) is 21.3 Å². The molecule has 0 radical (unpaired) electrons. The maximum atomic E-state index is 12.4. The van der Waals surface area contributed by atoms with Crippen LogP contribution in [0.2, 0.25) is 0 Å². The molecule has 0 saturated heterocycles. The minimum Gasteiger partial charge on any atom is -0.491 e. The molecule has 0 aliphatic heterocycles. The van der Waals surface area contributed by atoms with E-state index in [-0.39, 0.29) is 11.9 Å². The van der Waals surface area contributed by atoms with Crippen molar-refractivity contribution >= 4 is 27.4 Å². The Morgan fingerprint density at radius 3 is 2.40 bits per heavy atom. The number of rotatable bonds is 4. The number of halogens is 1. The predicted octanol–water partition coefficient (Wildman–Crippen LogP) is 4.05. The molecule has 0 bridgehead atoms. The highest BCUT2D eigenvalue weighted by Crippen LogP contribution is 2.26. The maximum Gasteiger partial charge on any atom is 0.194 e. The Labute approximate surface area is 126 Å². The molecular weight excluding hydrogens is 318 g/mol. The van der Waals surface area contributed by atoms with Crippen LogP contribution in [0.15, 0.2) is 46.9 Å². The van der Waals surface area contributed by atoms with Crippen LogP contribution in [0.1, 0.15) is 29.8 Å². The molecule has 0 atom stereocenters. The Kier molecular flexibility index (Phi) is 4.45. The first-order chi connectivity index (χ1) is 9.49. The van der Waals surface area contributed by atoms with E-state index in [0.717, 1.165) is 5.75 Å². The molecule has 0 heterocycles. The summed E-state index contributed by atoms with van der Waals surface area (Å²) in [5, 5.41) is 0. The molecule has 0 aliphatic carbocycles. The largest absolute Gasteiger partial charge is 0.491 e. The lowest BCUT2D eigenvalue weighted by molar-refractivity contribution is 0.103. The van der Waals surface area contributed by atoms with E-state index < -0.39 is 0 Å². The van der Waals surface area contributed by atoms with Crippen LogP contribution in [-0.4, -0.2) is 11.9 Å². The van der Waals surface area contributed by atoms with Crippen molar-refractivity contribution in [3.63, 3.8) is 0 Å². The first-order valence-electron chi connectivity index (χ1n) is 6.34. The van der Waals surface area contributed by atoms with Crippen molar-refractivity contribution < 1.29 is 9.53 Å². The van der Waals surface area contributed by atoms with Crippen molar-refractivity contribution in [2.45, 2.75) is 20.0 Å². The molecule has 0 unspecified atom stereocenters. The molecule has 2 aromatic carbocycles. The van der Waals surface area contributed by atoms with Crippen LogP contribution in [0.4, 0.5) is 5.69 Å². The summed E-state index contributed by atoms with van der Waals surface area (Å²) in [5.41, 5.74) is 7.51. The molecule has 20 heavy (non-hydrogen) atoms. The summed E-state index contributed by atoms with van der Waals surface area (Å²) in [6.45, 7) is 3.92. The zero-order valence-corrected chi connectivity index (χ0v) is 13.0. The third kappa shape index (κ3) is 3.20. The van der Waals surface area contributed by atoms with E-state index in [1.165, 1.54) is 0 Å². The third-order valence-electron chi connectivity index (χ3n) is 2.76. The summed E-state index contributed by atoms with van der Waals surface area (Å²) in [4.78, 5) is 12.4. The number of carbonyl (C=O) groups is 1. The Balaban J connectivity index is 2.27. The van der Waals surface area contributed by atoms with E-state index in [9.17, 15) is 4.79 Å². The molecule has 3 nitrogen and oxygen atoms in total. The normalized spacial score (nSPS) is 10.6. The van der Waals surface area contributed by atoms with Gasteiger partial charge in [0.25, 0.3) is 0 Å². The van der Waals surface area contributed by atoms with E-state index in [4.69, 9.17) is 10.5 Å². The number of ketones is 1. The quantitative estimate of drug-likeness (QED) is 0.678. The van der Waals surface area contributed by atoms with Gasteiger partial charge in [0, 0.05) is 16.8 Å². The van der Waals surface area contributed by atoms with Crippen molar-refractivity contribution in [1.82, 2.24) is 0 Å². The van der Waals surface area contributed by atoms with Crippen LogP contribution < -0.4 is 10.5 Å². The van der Waals surface area contributed by atoms with Gasteiger partial charge in [-0.15, -0.1) is 0 Å². The standard InChI is InChI=1S/C16H16BrNO2/c1-10(2)20-12-8-6-11(7-9-12)16(19)13-4-3-5-14(18)15(13)17/h3-10H,18H2,1-2H3. The number of carbonyl (C=O) groups excluding carboxylic acids is 1. The maximum absolute atomic E-state index is 12.4. The van der Waals surface area contributed by atoms with Crippen molar-refractivity contribution in [2.75, 3.05) is 5.73 Å². The van der Waals surface area contributed by atoms with Gasteiger partial charge in [-0.25, -0.2) is 0 Å². The molecule has 4 heteroatoms. The van der Waals surface area contributed by atoms with E-state index >= 15 is 0 Å². The fraction of sp³-hybridized carbons (Fsp3) is 0.188. The monoisotopic (exact) mass is 333 g/mol. The zero-order chi connectivity index (χ0) is 14.7. The van der Waals surface area contributed by atoms with Gasteiger partial charge in [-0.05, 0) is 66.2 Å². The first kappa shape index (κ1) is 14.6. The zero-order valence-electron chi connectivity index (χ0n) is 11.4. The predicted molar refractivity (Wildman–Crippen MR) is 84.2 cm³/mol. The highest BCUT2D eigenvalue weighted by atomic mass is 79.9. The lowest BCUT2D eigenvalue weighted by Gasteiger charge is -2.10. The number of nitrogen functional groups attached to an aromatic ring is 1. The Hall–Kier alpha value is -1.81. The highest BCUT2D eigenvalue weighted by molar-refractivity contribution is 9.10. The van der Waals surface area contributed by atoms with Crippen LogP contribution in [-0.2, 0) is 0 Å². The van der Waals surface area contributed by atoms with Crippen LogP contribution >= 0.6 is 15.9 Å². The fourth-order valence-corrected chi connectivity index (χ4v) is 2.28. The van der Waals surface area contributed by atoms with Gasteiger partial charge in [-0.1, -0.05) is 6.07 Å². The molecule has 0 saturated carbocycles. The van der Waals surface area contributed by atoms with Crippen molar-refractivity contribution in [3.8, 4) is 5.75 Å². The number of nitrogens with two attached hydrogens (primary N) is 1. The Bertz CT molecular complexity index is 621.